The van der Waals surface area contributed by atoms with E-state index in [1.165, 1.54) is 44.1 Å². The summed E-state index contributed by atoms with van der Waals surface area (Å²) >= 11 is 0. The first-order chi connectivity index (χ1) is 15.6. The third kappa shape index (κ3) is 4.60. The van der Waals surface area contributed by atoms with Crippen LogP contribution in [0.15, 0.2) is 66.7 Å². The van der Waals surface area contributed by atoms with Crippen LogP contribution in [-0.2, 0) is 0 Å². The fourth-order valence-electron chi connectivity index (χ4n) is 5.11. The fourth-order valence-corrected chi connectivity index (χ4v) is 5.11. The highest BCUT2D eigenvalue weighted by molar-refractivity contribution is 5.99. The maximum Gasteiger partial charge on any atom is 0.336 e. The Balaban J connectivity index is 1.74. The second kappa shape index (κ2) is 9.83. The molecule has 0 bridgehead atoms. The second-order valence-electron chi connectivity index (χ2n) is 8.85. The molecule has 3 heteroatoms. The molecule has 1 N–H and O–H groups in total. The van der Waals surface area contributed by atoms with Crippen LogP contribution >= 0.6 is 0 Å². The topological polar surface area (TPSA) is 61.1 Å². The van der Waals surface area contributed by atoms with E-state index >= 15 is 0 Å². The lowest BCUT2D eigenvalue weighted by Crippen LogP contribution is -2.13. The first-order valence-corrected chi connectivity index (χ1v) is 11.6. The van der Waals surface area contributed by atoms with Crippen molar-refractivity contribution in [3.05, 3.63) is 83.4 Å². The molecule has 3 nitrogen and oxygen atoms in total. The Bertz CT molecular complexity index is 1130. The van der Waals surface area contributed by atoms with Crippen molar-refractivity contribution in [3.8, 4) is 28.3 Å². The molecule has 0 saturated heterocycles. The van der Waals surface area contributed by atoms with Crippen molar-refractivity contribution in [2.45, 2.75) is 51.4 Å². The molecule has 0 unspecified atom stereocenters. The summed E-state index contributed by atoms with van der Waals surface area (Å²) in [7, 11) is 0. The van der Waals surface area contributed by atoms with E-state index < -0.39 is 5.97 Å². The van der Waals surface area contributed by atoms with Crippen molar-refractivity contribution in [1.82, 2.24) is 0 Å². The van der Waals surface area contributed by atoms with Gasteiger partial charge in [-0.15, -0.1) is 0 Å². The maximum absolute atomic E-state index is 12.1. The monoisotopic (exact) mass is 423 g/mol. The molecular weight excluding hydrogens is 394 g/mol. The Morgan fingerprint density at radius 3 is 2.25 bits per heavy atom. The summed E-state index contributed by atoms with van der Waals surface area (Å²) in [4.78, 5) is 12.1. The average Bonchev–Trinajstić information content (AvgIpc) is 2.84. The largest absolute Gasteiger partial charge is 0.478 e. The van der Waals surface area contributed by atoms with Crippen LogP contribution in [0.5, 0.6) is 0 Å². The van der Waals surface area contributed by atoms with E-state index in [9.17, 15) is 9.90 Å². The lowest BCUT2D eigenvalue weighted by Gasteiger charge is -2.29. The molecule has 0 heterocycles. The molecular formula is C29H29NO2. The highest BCUT2D eigenvalue weighted by Crippen LogP contribution is 2.41. The summed E-state index contributed by atoms with van der Waals surface area (Å²) in [6.45, 7) is 2.26. The molecule has 1 saturated carbocycles. The van der Waals surface area contributed by atoms with E-state index in [1.807, 2.05) is 42.5 Å². The standard InChI is InChI=1S/C29H29NO2/c1-2-5-20-8-12-22(13-9-20)24-16-17-27(29(31)32)28(18-24)26-7-4-3-6-25(26)23-14-10-21(19-30)11-15-23/h3-4,6-7,10-11,14-18,20,22H,2,5,8-9,12-13H2,1H3,(H,31,32). The molecule has 3 aromatic rings. The maximum atomic E-state index is 12.1. The molecule has 0 spiro atoms. The van der Waals surface area contributed by atoms with Gasteiger partial charge in [-0.1, -0.05) is 62.2 Å². The Morgan fingerprint density at radius 1 is 0.938 bits per heavy atom. The van der Waals surface area contributed by atoms with Crippen molar-refractivity contribution < 1.29 is 9.90 Å². The molecule has 162 valence electrons. The number of carboxylic acids is 1. The van der Waals surface area contributed by atoms with Crippen LogP contribution in [0.2, 0.25) is 0 Å². The van der Waals surface area contributed by atoms with Crippen molar-refractivity contribution >= 4 is 5.97 Å². The number of benzene rings is 3. The van der Waals surface area contributed by atoms with Crippen LogP contribution in [0, 0.1) is 17.2 Å². The minimum Gasteiger partial charge on any atom is -0.478 e. The van der Waals surface area contributed by atoms with Gasteiger partial charge >= 0.3 is 5.97 Å². The Morgan fingerprint density at radius 2 is 1.62 bits per heavy atom. The Kier molecular flexibility index (Phi) is 6.71. The van der Waals surface area contributed by atoms with Crippen LogP contribution in [0.4, 0.5) is 0 Å². The first-order valence-electron chi connectivity index (χ1n) is 11.6. The normalized spacial score (nSPS) is 18.1. The van der Waals surface area contributed by atoms with Gasteiger partial charge in [0.05, 0.1) is 17.2 Å². The molecule has 3 aromatic carbocycles. The SMILES string of the molecule is CCCC1CCC(c2ccc(C(=O)O)c(-c3ccccc3-c3ccc(C#N)cc3)c2)CC1. The molecule has 0 amide bonds. The molecule has 1 aliphatic carbocycles. The van der Waals surface area contributed by atoms with Crippen molar-refractivity contribution in [3.63, 3.8) is 0 Å². The molecule has 1 fully saturated rings. The van der Waals surface area contributed by atoms with Crippen LogP contribution in [0.1, 0.15) is 72.9 Å². The molecule has 0 atom stereocenters. The van der Waals surface area contributed by atoms with Gasteiger partial charge in [0.1, 0.15) is 0 Å². The van der Waals surface area contributed by atoms with Crippen molar-refractivity contribution in [1.29, 1.82) is 5.26 Å². The van der Waals surface area contributed by atoms with E-state index in [1.54, 1.807) is 18.2 Å². The number of rotatable bonds is 6. The zero-order chi connectivity index (χ0) is 22.5. The summed E-state index contributed by atoms with van der Waals surface area (Å²) in [6.07, 6.45) is 7.43. The van der Waals surface area contributed by atoms with Gasteiger partial charge in [-0.3, -0.25) is 0 Å². The van der Waals surface area contributed by atoms with Gasteiger partial charge in [0.2, 0.25) is 0 Å². The highest BCUT2D eigenvalue weighted by atomic mass is 16.4. The smallest absolute Gasteiger partial charge is 0.336 e. The predicted molar refractivity (Wildman–Crippen MR) is 129 cm³/mol. The van der Waals surface area contributed by atoms with Gasteiger partial charge in [-0.2, -0.15) is 5.26 Å². The van der Waals surface area contributed by atoms with E-state index in [2.05, 4.69) is 19.1 Å². The highest BCUT2D eigenvalue weighted by Gasteiger charge is 2.24. The third-order valence-corrected chi connectivity index (χ3v) is 6.83. The van der Waals surface area contributed by atoms with E-state index in [0.29, 0.717) is 17.0 Å². The minimum atomic E-state index is -0.909. The second-order valence-corrected chi connectivity index (χ2v) is 8.85. The van der Waals surface area contributed by atoms with Crippen LogP contribution in [0.25, 0.3) is 22.3 Å². The molecule has 32 heavy (non-hydrogen) atoms. The number of hydrogen-bond acceptors (Lipinski definition) is 2. The zero-order valence-corrected chi connectivity index (χ0v) is 18.6. The average molecular weight is 424 g/mol. The van der Waals surface area contributed by atoms with Crippen molar-refractivity contribution in [2.24, 2.45) is 5.92 Å². The molecule has 0 aromatic heterocycles. The lowest BCUT2D eigenvalue weighted by molar-refractivity contribution is 0.0697. The van der Waals surface area contributed by atoms with E-state index in [0.717, 1.165) is 28.2 Å². The minimum absolute atomic E-state index is 0.328. The summed E-state index contributed by atoms with van der Waals surface area (Å²) in [5.41, 5.74) is 5.81. The number of carbonyl (C=O) groups is 1. The van der Waals surface area contributed by atoms with E-state index in [4.69, 9.17) is 5.26 Å². The van der Waals surface area contributed by atoms with Gasteiger partial charge in [0, 0.05) is 0 Å². The Hall–Kier alpha value is -3.38. The first kappa shape index (κ1) is 21.8. The van der Waals surface area contributed by atoms with Gasteiger partial charge < -0.3 is 5.11 Å². The summed E-state index contributed by atoms with van der Waals surface area (Å²) < 4.78 is 0. The number of nitriles is 1. The van der Waals surface area contributed by atoms with Gasteiger partial charge in [-0.05, 0) is 89.6 Å². The molecule has 4 rings (SSSR count). The quantitative estimate of drug-likeness (QED) is 0.442. The molecule has 0 radical (unpaired) electrons. The number of hydrogen-bond donors (Lipinski definition) is 1. The summed E-state index contributed by atoms with van der Waals surface area (Å²) in [5, 5.41) is 19.0. The number of carboxylic acid groups (broad SMARTS) is 1. The molecule has 1 aliphatic rings. The van der Waals surface area contributed by atoms with Crippen molar-refractivity contribution in [2.75, 3.05) is 0 Å². The van der Waals surface area contributed by atoms with Crippen LogP contribution < -0.4 is 0 Å². The summed E-state index contributed by atoms with van der Waals surface area (Å²) in [6, 6.07) is 23.5. The third-order valence-electron chi connectivity index (χ3n) is 6.83. The number of nitrogens with zero attached hydrogens (tertiary/aromatic N) is 1. The van der Waals surface area contributed by atoms with Gasteiger partial charge in [-0.25, -0.2) is 4.79 Å². The van der Waals surface area contributed by atoms with Gasteiger partial charge in [0.25, 0.3) is 0 Å². The van der Waals surface area contributed by atoms with Crippen LogP contribution in [0.3, 0.4) is 0 Å². The Labute approximate surface area is 190 Å². The zero-order valence-electron chi connectivity index (χ0n) is 18.6. The predicted octanol–water partition coefficient (Wildman–Crippen LogP) is 7.66. The van der Waals surface area contributed by atoms with Gasteiger partial charge in [0.15, 0.2) is 0 Å². The lowest BCUT2D eigenvalue weighted by atomic mass is 9.76. The van der Waals surface area contributed by atoms with E-state index in [-0.39, 0.29) is 0 Å². The molecule has 0 aliphatic heterocycles. The fraction of sp³-hybridized carbons (Fsp3) is 0.310. The number of aromatic carboxylic acids is 1. The van der Waals surface area contributed by atoms with Crippen LogP contribution in [-0.4, -0.2) is 11.1 Å². The summed E-state index contributed by atoms with van der Waals surface area (Å²) in [5.74, 6) is 0.422.